The number of phenolic OH excluding ortho intramolecular Hbond substituents is 1. The molecule has 0 radical (unpaired) electrons. The number of nitrogens with zero attached hydrogens (tertiary/aromatic N) is 3. The van der Waals surface area contributed by atoms with E-state index in [-0.39, 0.29) is 17.4 Å². The van der Waals surface area contributed by atoms with Crippen molar-refractivity contribution in [2.24, 2.45) is 4.99 Å². The van der Waals surface area contributed by atoms with Crippen LogP contribution in [0.5, 0.6) is 23.0 Å². The third-order valence-electron chi connectivity index (χ3n) is 8.96. The van der Waals surface area contributed by atoms with Crippen molar-refractivity contribution in [3.63, 3.8) is 0 Å². The van der Waals surface area contributed by atoms with Gasteiger partial charge in [-0.25, -0.2) is 0 Å². The molecular formula is C41H40BF2N3O5. The number of aromatic nitrogens is 1. The molecule has 3 heterocycles. The molecule has 0 fully saturated rings. The van der Waals surface area contributed by atoms with Crippen LogP contribution in [0.3, 0.4) is 0 Å². The fraction of sp³-hybridized carbons (Fsp3) is 0.220. The highest BCUT2D eigenvalue weighted by Gasteiger charge is 2.53. The zero-order valence-corrected chi connectivity index (χ0v) is 29.4. The second-order valence-corrected chi connectivity index (χ2v) is 12.4. The largest absolute Gasteiger partial charge is 0.642 e. The van der Waals surface area contributed by atoms with Gasteiger partial charge in [0.05, 0.1) is 31.1 Å². The molecular weight excluding hydrogens is 663 g/mol. The number of aromatic hydroxyl groups is 1. The second-order valence-electron chi connectivity index (χ2n) is 12.4. The van der Waals surface area contributed by atoms with Gasteiger partial charge in [-0.1, -0.05) is 31.2 Å². The Bertz CT molecular complexity index is 2140. The summed E-state index contributed by atoms with van der Waals surface area (Å²) >= 11 is 0. The first-order valence-corrected chi connectivity index (χ1v) is 17.6. The van der Waals surface area contributed by atoms with Gasteiger partial charge in [0.1, 0.15) is 29.6 Å². The molecule has 0 unspecified atom stereocenters. The van der Waals surface area contributed by atoms with Crippen LogP contribution in [0.1, 0.15) is 38.3 Å². The van der Waals surface area contributed by atoms with E-state index in [1.54, 1.807) is 84.9 Å². The van der Waals surface area contributed by atoms with E-state index < -0.39 is 6.97 Å². The van der Waals surface area contributed by atoms with Crippen LogP contribution in [0.15, 0.2) is 114 Å². The molecule has 5 aromatic rings. The van der Waals surface area contributed by atoms with Crippen molar-refractivity contribution in [2.75, 3.05) is 33.0 Å². The minimum atomic E-state index is -4.52. The lowest BCUT2D eigenvalue weighted by Gasteiger charge is -2.32. The van der Waals surface area contributed by atoms with Crippen molar-refractivity contribution in [2.45, 2.75) is 27.2 Å². The minimum Gasteiger partial charge on any atom is -0.508 e. The lowest BCUT2D eigenvalue weighted by molar-refractivity contribution is -0.291. The van der Waals surface area contributed by atoms with Crippen molar-refractivity contribution in [1.82, 2.24) is 4.48 Å². The summed E-state index contributed by atoms with van der Waals surface area (Å²) in [5.41, 5.74) is 4.22. The summed E-state index contributed by atoms with van der Waals surface area (Å²) in [6.45, 7) is 3.86. The Morgan fingerprint density at radius 3 is 1.83 bits per heavy atom. The fourth-order valence-corrected chi connectivity index (χ4v) is 6.59. The van der Waals surface area contributed by atoms with Gasteiger partial charge in [-0.05, 0) is 127 Å². The van der Waals surface area contributed by atoms with Crippen LogP contribution in [-0.4, -0.2) is 65.6 Å². The molecule has 2 aliphatic heterocycles. The lowest BCUT2D eigenvalue weighted by atomic mass is 9.90. The van der Waals surface area contributed by atoms with E-state index in [2.05, 4.69) is 6.92 Å². The Morgan fingerprint density at radius 1 is 0.673 bits per heavy atom. The van der Waals surface area contributed by atoms with Gasteiger partial charge in [0, 0.05) is 23.4 Å². The molecule has 0 aliphatic carbocycles. The molecule has 0 bridgehead atoms. The molecule has 7 rings (SSSR count). The van der Waals surface area contributed by atoms with Crippen LogP contribution in [0, 0.1) is 0 Å². The number of amidine groups is 1. The average Bonchev–Trinajstić information content (AvgIpc) is 3.74. The number of benzene rings is 4. The van der Waals surface area contributed by atoms with Crippen LogP contribution in [0.2, 0.25) is 0 Å². The predicted molar refractivity (Wildman–Crippen MR) is 202 cm³/mol. The third kappa shape index (κ3) is 6.71. The quantitative estimate of drug-likeness (QED) is 0.0923. The van der Waals surface area contributed by atoms with Gasteiger partial charge in [0.2, 0.25) is 5.82 Å². The summed E-state index contributed by atoms with van der Waals surface area (Å²) in [5.74, 6) is 2.29. The Hall–Kier alpha value is -5.68. The van der Waals surface area contributed by atoms with Crippen molar-refractivity contribution < 1.29 is 37.2 Å². The molecule has 0 atom stereocenters. The van der Waals surface area contributed by atoms with Gasteiger partial charge in [0.15, 0.2) is 0 Å². The summed E-state index contributed by atoms with van der Waals surface area (Å²) in [6.07, 6.45) is 2.68. The number of ether oxygens (including phenoxy) is 4. The van der Waals surface area contributed by atoms with Gasteiger partial charge >= 0.3 is 6.97 Å². The SMILES string of the molecule is CCCOCCOc1ccc(-c2cc(-c3ccc(OCC)cc3)n3c2N=C2C(c4ccc(O)cc4)=CC(c4ccc(OCC)cc4)=[N+]2[B-]3(F)F)cc1. The van der Waals surface area contributed by atoms with Crippen LogP contribution in [-0.2, 0) is 4.74 Å². The van der Waals surface area contributed by atoms with E-state index in [0.717, 1.165) is 15.4 Å². The number of fused-ring (bicyclic) bond motifs is 2. The smallest absolute Gasteiger partial charge is 0.508 e. The predicted octanol–water partition coefficient (Wildman–Crippen LogP) is 9.00. The Balaban J connectivity index is 1.40. The molecule has 1 aromatic heterocycles. The minimum absolute atomic E-state index is 0.0760. The molecule has 0 saturated heterocycles. The van der Waals surface area contributed by atoms with Gasteiger partial charge < -0.3 is 41.6 Å². The summed E-state index contributed by atoms with van der Waals surface area (Å²) in [5, 5.41) is 10.0. The first-order valence-electron chi connectivity index (χ1n) is 17.6. The van der Waals surface area contributed by atoms with Crippen LogP contribution >= 0.6 is 0 Å². The molecule has 0 amide bonds. The van der Waals surface area contributed by atoms with Gasteiger partial charge in [-0.15, -0.1) is 0 Å². The van der Waals surface area contributed by atoms with Gasteiger partial charge in [0.25, 0.3) is 5.84 Å². The van der Waals surface area contributed by atoms with Crippen LogP contribution in [0.4, 0.5) is 14.4 Å². The topological polar surface area (TPSA) is 77.5 Å². The normalized spacial score (nSPS) is 14.4. The number of halogens is 2. The monoisotopic (exact) mass is 703 g/mol. The second kappa shape index (κ2) is 14.9. The first-order chi connectivity index (χ1) is 25.3. The Morgan fingerprint density at radius 2 is 1.23 bits per heavy atom. The third-order valence-corrected chi connectivity index (χ3v) is 8.96. The Labute approximate surface area is 302 Å². The van der Waals surface area contributed by atoms with Crippen molar-refractivity contribution in [3.8, 4) is 45.4 Å². The van der Waals surface area contributed by atoms with E-state index >= 15 is 8.63 Å². The van der Waals surface area contributed by atoms with E-state index in [4.69, 9.17) is 23.9 Å². The highest BCUT2D eigenvalue weighted by molar-refractivity contribution is 6.63. The molecule has 52 heavy (non-hydrogen) atoms. The average molecular weight is 704 g/mol. The van der Waals surface area contributed by atoms with E-state index in [9.17, 15) is 5.11 Å². The highest BCUT2D eigenvalue weighted by Crippen LogP contribution is 2.46. The summed E-state index contributed by atoms with van der Waals surface area (Å²) in [4.78, 5) is 5.07. The van der Waals surface area contributed by atoms with Crippen LogP contribution < -0.4 is 14.2 Å². The van der Waals surface area contributed by atoms with Crippen molar-refractivity contribution in [1.29, 1.82) is 0 Å². The maximum atomic E-state index is 17.7. The molecule has 266 valence electrons. The van der Waals surface area contributed by atoms with Crippen molar-refractivity contribution in [3.05, 3.63) is 120 Å². The zero-order valence-electron chi connectivity index (χ0n) is 29.4. The number of allylic oxidation sites excluding steroid dienone is 1. The zero-order chi connectivity index (χ0) is 36.2. The number of hydrogen-bond donors (Lipinski definition) is 1. The number of rotatable bonds is 14. The van der Waals surface area contributed by atoms with E-state index in [1.807, 2.05) is 38.1 Å². The van der Waals surface area contributed by atoms with Gasteiger partial charge in [-0.2, -0.15) is 0 Å². The molecule has 4 aromatic carbocycles. The lowest BCUT2D eigenvalue weighted by Crippen LogP contribution is -2.53. The van der Waals surface area contributed by atoms with Gasteiger partial charge in [-0.3, -0.25) is 0 Å². The molecule has 0 saturated carbocycles. The molecule has 0 spiro atoms. The first kappa shape index (κ1) is 34.8. The fourth-order valence-electron chi connectivity index (χ4n) is 6.59. The standard InChI is InChI=1S/C41H40BF2N3O5/c1-4-23-49-24-25-52-35-17-9-29(10-18-35)37-27-39(31-13-21-34(22-14-31)51-6-3)47-41(37)45-40-36(28-7-15-32(48)16-8-28)26-38(46(40)42(47,43)44)30-11-19-33(20-12-30)50-5-2/h7-22,26-27,48H,4-6,23-25H2,1-3H3. The number of phenols is 1. The van der Waals surface area contributed by atoms with Crippen LogP contribution in [0.25, 0.3) is 28.0 Å². The maximum Gasteiger partial charge on any atom is 0.642 e. The van der Waals surface area contributed by atoms with E-state index in [0.29, 0.717) is 95.1 Å². The van der Waals surface area contributed by atoms with Crippen molar-refractivity contribution >= 4 is 29.9 Å². The summed E-state index contributed by atoms with van der Waals surface area (Å²) in [6, 6.07) is 29.9. The maximum absolute atomic E-state index is 17.7. The molecule has 2 aliphatic rings. The summed E-state index contributed by atoms with van der Waals surface area (Å²) in [7, 11) is 0. The Kier molecular flexibility index (Phi) is 9.96. The number of aliphatic imine (C=N–C) groups is 1. The molecule has 8 nitrogen and oxygen atoms in total. The molecule has 1 N–H and O–H groups in total. The molecule has 11 heteroatoms. The summed E-state index contributed by atoms with van der Waals surface area (Å²) < 4.78 is 60.2. The highest BCUT2D eigenvalue weighted by atomic mass is 19.2. The van der Waals surface area contributed by atoms with E-state index in [1.165, 1.54) is 0 Å². The number of hydrogen-bond acceptors (Lipinski definition) is 6.